The Bertz CT molecular complexity index is 550. The summed E-state index contributed by atoms with van der Waals surface area (Å²) in [5.74, 6) is 1.29. The number of aliphatic hydroxyl groups is 1. The average Bonchev–Trinajstić information content (AvgIpc) is 2.88. The highest BCUT2D eigenvalue weighted by atomic mass is 35.5. The van der Waals surface area contributed by atoms with Gasteiger partial charge in [0.1, 0.15) is 12.2 Å². The van der Waals surface area contributed by atoms with Gasteiger partial charge in [-0.05, 0) is 23.8 Å². The van der Waals surface area contributed by atoms with E-state index in [0.717, 1.165) is 22.8 Å². The van der Waals surface area contributed by atoms with Gasteiger partial charge in [0, 0.05) is 13.0 Å². The quantitative estimate of drug-likeness (QED) is 0.922. The van der Waals surface area contributed by atoms with Crippen molar-refractivity contribution in [1.29, 1.82) is 0 Å². The van der Waals surface area contributed by atoms with Crippen molar-refractivity contribution in [2.45, 2.75) is 39.8 Å². The van der Waals surface area contributed by atoms with Gasteiger partial charge in [-0.25, -0.2) is 9.67 Å². The summed E-state index contributed by atoms with van der Waals surface area (Å²) in [5.41, 5.74) is 1.00. The maximum Gasteiger partial charge on any atom is 0.138 e. The molecule has 2 aromatic rings. The maximum absolute atomic E-state index is 10.3. The topological polar surface area (TPSA) is 50.9 Å². The normalized spacial score (nSPS) is 13.2. The Hall–Kier alpha value is -0.910. The molecule has 0 saturated heterocycles. The third-order valence-corrected chi connectivity index (χ3v) is 4.65. The molecule has 0 fully saturated rings. The van der Waals surface area contributed by atoms with Crippen molar-refractivity contribution in [3.63, 3.8) is 0 Å². The molecule has 0 amide bonds. The van der Waals surface area contributed by atoms with E-state index in [2.05, 4.69) is 23.9 Å². The van der Waals surface area contributed by atoms with Crippen LogP contribution in [0.15, 0.2) is 11.7 Å². The van der Waals surface area contributed by atoms with Crippen molar-refractivity contribution >= 4 is 22.9 Å². The van der Waals surface area contributed by atoms with Crippen molar-refractivity contribution in [3.05, 3.63) is 33.0 Å². The molecule has 0 saturated carbocycles. The highest BCUT2D eigenvalue weighted by molar-refractivity contribution is 7.10. The van der Waals surface area contributed by atoms with E-state index in [4.69, 9.17) is 11.6 Å². The fourth-order valence-corrected chi connectivity index (χ4v) is 3.19. The molecule has 0 aromatic carbocycles. The number of aliphatic hydroxyl groups excluding tert-OH is 1. The predicted molar refractivity (Wildman–Crippen MR) is 77.6 cm³/mol. The first-order chi connectivity index (χ1) is 8.99. The molecule has 2 aromatic heterocycles. The van der Waals surface area contributed by atoms with Crippen LogP contribution >= 0.6 is 22.9 Å². The minimum atomic E-state index is -0.624. The van der Waals surface area contributed by atoms with Crippen LogP contribution in [0.5, 0.6) is 0 Å². The molecule has 1 atom stereocenters. The molecule has 0 aliphatic rings. The van der Waals surface area contributed by atoms with Crippen LogP contribution in [0.4, 0.5) is 0 Å². The molecule has 2 heterocycles. The lowest BCUT2D eigenvalue weighted by atomic mass is 10.2. The van der Waals surface area contributed by atoms with Gasteiger partial charge in [0.25, 0.3) is 0 Å². The van der Waals surface area contributed by atoms with E-state index in [9.17, 15) is 5.11 Å². The van der Waals surface area contributed by atoms with Gasteiger partial charge in [0.05, 0.1) is 16.0 Å². The van der Waals surface area contributed by atoms with Crippen LogP contribution in [-0.2, 0) is 13.0 Å². The lowest BCUT2D eigenvalue weighted by Gasteiger charge is -2.12. The Morgan fingerprint density at radius 1 is 1.47 bits per heavy atom. The summed E-state index contributed by atoms with van der Waals surface area (Å²) in [6.07, 6.45) is 1.35. The van der Waals surface area contributed by atoms with Crippen molar-refractivity contribution in [3.8, 4) is 0 Å². The van der Waals surface area contributed by atoms with Crippen LogP contribution in [0.3, 0.4) is 0 Å². The second-order valence-electron chi connectivity index (χ2n) is 5.07. The van der Waals surface area contributed by atoms with Gasteiger partial charge in [-0.3, -0.25) is 0 Å². The van der Waals surface area contributed by atoms with Crippen LogP contribution in [0.1, 0.15) is 36.2 Å². The van der Waals surface area contributed by atoms with E-state index in [0.29, 0.717) is 17.4 Å². The molecule has 4 nitrogen and oxygen atoms in total. The molecule has 0 spiro atoms. The van der Waals surface area contributed by atoms with E-state index in [1.807, 2.05) is 17.0 Å². The number of rotatable bonds is 5. The highest BCUT2D eigenvalue weighted by Crippen LogP contribution is 2.33. The third kappa shape index (κ3) is 3.35. The molecule has 1 N–H and O–H groups in total. The number of halogens is 1. The van der Waals surface area contributed by atoms with Crippen molar-refractivity contribution in [1.82, 2.24) is 14.8 Å². The van der Waals surface area contributed by atoms with E-state index < -0.39 is 6.10 Å². The molecule has 0 aliphatic heterocycles. The van der Waals surface area contributed by atoms with Gasteiger partial charge >= 0.3 is 0 Å². The first kappa shape index (κ1) is 14.5. The van der Waals surface area contributed by atoms with Crippen LogP contribution in [0.25, 0.3) is 0 Å². The van der Waals surface area contributed by atoms with E-state index in [-0.39, 0.29) is 0 Å². The van der Waals surface area contributed by atoms with E-state index >= 15 is 0 Å². The third-order valence-electron chi connectivity index (χ3n) is 2.84. The van der Waals surface area contributed by atoms with Gasteiger partial charge in [0.2, 0.25) is 0 Å². The first-order valence-electron chi connectivity index (χ1n) is 6.27. The van der Waals surface area contributed by atoms with Gasteiger partial charge < -0.3 is 5.11 Å². The second kappa shape index (κ2) is 6.03. The van der Waals surface area contributed by atoms with Crippen molar-refractivity contribution in [2.24, 2.45) is 5.92 Å². The van der Waals surface area contributed by atoms with Crippen LogP contribution in [0.2, 0.25) is 5.02 Å². The summed E-state index contributed by atoms with van der Waals surface area (Å²) < 4.78 is 1.85. The largest absolute Gasteiger partial charge is 0.387 e. The molecule has 1 unspecified atom stereocenters. The standard InChI is InChI=1S/C13H18ClN3OS/c1-8(2)5-17-11(15-7-16-17)4-10(18)13-12(14)9(3)6-19-13/h6-8,10,18H,4-5H2,1-3H3. The summed E-state index contributed by atoms with van der Waals surface area (Å²) in [7, 11) is 0. The Morgan fingerprint density at radius 3 is 2.79 bits per heavy atom. The summed E-state index contributed by atoms with van der Waals surface area (Å²) in [6, 6.07) is 0. The van der Waals surface area contributed by atoms with Gasteiger partial charge in [-0.15, -0.1) is 11.3 Å². The number of aromatic nitrogens is 3. The fourth-order valence-electron chi connectivity index (χ4n) is 1.88. The van der Waals surface area contributed by atoms with E-state index in [1.54, 1.807) is 0 Å². The molecule has 2 rings (SSSR count). The Balaban J connectivity index is 2.13. The summed E-state index contributed by atoms with van der Waals surface area (Å²) >= 11 is 7.66. The molecule has 0 bridgehead atoms. The first-order valence-corrected chi connectivity index (χ1v) is 7.53. The predicted octanol–water partition coefficient (Wildman–Crippen LogP) is 3.23. The number of nitrogens with zero attached hydrogens (tertiary/aromatic N) is 3. The molecular weight excluding hydrogens is 282 g/mol. The number of hydrogen-bond donors (Lipinski definition) is 1. The number of aryl methyl sites for hydroxylation is 1. The number of thiophene rings is 1. The minimum absolute atomic E-state index is 0.437. The molecule has 0 radical (unpaired) electrons. The van der Waals surface area contributed by atoms with Crippen molar-refractivity contribution in [2.75, 3.05) is 0 Å². The zero-order valence-electron chi connectivity index (χ0n) is 11.3. The monoisotopic (exact) mass is 299 g/mol. The van der Waals surface area contributed by atoms with E-state index in [1.165, 1.54) is 17.7 Å². The smallest absolute Gasteiger partial charge is 0.138 e. The Morgan fingerprint density at radius 2 is 2.21 bits per heavy atom. The summed E-state index contributed by atoms with van der Waals surface area (Å²) in [6.45, 7) is 7.00. The van der Waals surface area contributed by atoms with Crippen LogP contribution < -0.4 is 0 Å². The molecule has 19 heavy (non-hydrogen) atoms. The SMILES string of the molecule is Cc1csc(C(O)Cc2ncnn2CC(C)C)c1Cl. The van der Waals surface area contributed by atoms with Crippen molar-refractivity contribution < 1.29 is 5.11 Å². The highest BCUT2D eigenvalue weighted by Gasteiger charge is 2.18. The lowest BCUT2D eigenvalue weighted by Crippen LogP contribution is -2.13. The lowest BCUT2D eigenvalue weighted by molar-refractivity contribution is 0.177. The molecular formula is C13H18ClN3OS. The second-order valence-corrected chi connectivity index (χ2v) is 6.36. The summed E-state index contributed by atoms with van der Waals surface area (Å²) in [4.78, 5) is 5.03. The Labute approximate surface area is 122 Å². The average molecular weight is 300 g/mol. The maximum atomic E-state index is 10.3. The molecule has 6 heteroatoms. The van der Waals surface area contributed by atoms with Gasteiger partial charge in [0.15, 0.2) is 0 Å². The fraction of sp³-hybridized carbons (Fsp3) is 0.538. The molecule has 104 valence electrons. The zero-order chi connectivity index (χ0) is 14.0. The van der Waals surface area contributed by atoms with Gasteiger partial charge in [-0.1, -0.05) is 25.4 Å². The zero-order valence-corrected chi connectivity index (χ0v) is 12.9. The van der Waals surface area contributed by atoms with Crippen LogP contribution in [0, 0.1) is 12.8 Å². The minimum Gasteiger partial charge on any atom is -0.387 e. The van der Waals surface area contributed by atoms with Gasteiger partial charge in [-0.2, -0.15) is 5.10 Å². The molecule has 0 aliphatic carbocycles. The Kier molecular flexibility index (Phi) is 4.60. The number of hydrogen-bond acceptors (Lipinski definition) is 4. The summed E-state index contributed by atoms with van der Waals surface area (Å²) in [5, 5.41) is 17.1. The van der Waals surface area contributed by atoms with Crippen LogP contribution in [-0.4, -0.2) is 19.9 Å².